The molecule has 0 bridgehead atoms. The summed E-state index contributed by atoms with van der Waals surface area (Å²) in [7, 11) is 0. The Morgan fingerprint density at radius 3 is 2.68 bits per heavy atom. The number of aromatic nitrogens is 2. The van der Waals surface area contributed by atoms with Gasteiger partial charge in [-0.2, -0.15) is 5.10 Å². The van der Waals surface area contributed by atoms with Crippen molar-refractivity contribution in [2.75, 3.05) is 13.2 Å². The van der Waals surface area contributed by atoms with Crippen molar-refractivity contribution in [3.63, 3.8) is 0 Å². The zero-order chi connectivity index (χ0) is 19.1. The van der Waals surface area contributed by atoms with E-state index in [2.05, 4.69) is 10.2 Å². The summed E-state index contributed by atoms with van der Waals surface area (Å²) in [5.41, 5.74) is 3.56. The van der Waals surface area contributed by atoms with E-state index >= 15 is 0 Å². The summed E-state index contributed by atoms with van der Waals surface area (Å²) in [5, 5.41) is 17.7. The first-order chi connectivity index (χ1) is 13.7. The number of phenolic OH excluding ortho intramolecular Hbond substituents is 1. The Morgan fingerprint density at radius 1 is 1.14 bits per heavy atom. The molecule has 2 aliphatic heterocycles. The molecule has 0 unspecified atom stereocenters. The maximum atomic E-state index is 13.2. The molecule has 28 heavy (non-hydrogen) atoms. The van der Waals surface area contributed by atoms with E-state index < -0.39 is 0 Å². The highest BCUT2D eigenvalue weighted by atomic mass is 16.5. The van der Waals surface area contributed by atoms with Crippen LogP contribution in [-0.4, -0.2) is 45.4 Å². The Hall–Kier alpha value is -3.12. The van der Waals surface area contributed by atoms with E-state index in [9.17, 15) is 9.90 Å². The number of benzene rings is 2. The number of hydrogen-bond acceptors (Lipinski definition) is 4. The number of aromatic hydroxyl groups is 1. The lowest BCUT2D eigenvalue weighted by Crippen LogP contribution is -2.36. The number of para-hydroxylation sites is 1. The number of aromatic amines is 1. The molecule has 142 valence electrons. The summed E-state index contributed by atoms with van der Waals surface area (Å²) >= 11 is 0. The number of nitrogens with zero attached hydrogens (tertiary/aromatic N) is 2. The number of carbonyl (C=O) groups excluding carboxylic acids is 1. The normalized spacial score (nSPS) is 21.3. The van der Waals surface area contributed by atoms with Gasteiger partial charge in [0.05, 0.1) is 12.1 Å². The second kappa shape index (κ2) is 6.80. The Balaban J connectivity index is 1.64. The van der Waals surface area contributed by atoms with E-state index in [0.717, 1.165) is 30.6 Å². The number of phenols is 1. The number of ether oxygens (including phenoxy) is 1. The van der Waals surface area contributed by atoms with Crippen molar-refractivity contribution in [3.05, 3.63) is 71.4 Å². The fraction of sp³-hybridized carbons (Fsp3) is 0.273. The third-order valence-corrected chi connectivity index (χ3v) is 5.56. The molecule has 3 heterocycles. The highest BCUT2D eigenvalue weighted by Crippen LogP contribution is 2.44. The summed E-state index contributed by atoms with van der Waals surface area (Å²) < 4.78 is 5.80. The molecule has 2 N–H and O–H groups in total. The molecule has 0 radical (unpaired) electrons. The number of hydrogen-bond donors (Lipinski definition) is 2. The van der Waals surface area contributed by atoms with Gasteiger partial charge in [0.2, 0.25) is 0 Å². The summed E-state index contributed by atoms with van der Waals surface area (Å²) in [6.45, 7) is 1.29. The lowest BCUT2D eigenvalue weighted by atomic mass is 9.95. The highest BCUT2D eigenvalue weighted by Gasteiger charge is 2.43. The maximum Gasteiger partial charge on any atom is 0.273 e. The third kappa shape index (κ3) is 2.68. The molecular formula is C22H21N3O3. The van der Waals surface area contributed by atoms with Gasteiger partial charge in [-0.25, -0.2) is 0 Å². The van der Waals surface area contributed by atoms with E-state index in [1.54, 1.807) is 12.1 Å². The van der Waals surface area contributed by atoms with Crippen LogP contribution in [0.1, 0.15) is 40.5 Å². The first kappa shape index (κ1) is 17.0. The van der Waals surface area contributed by atoms with Gasteiger partial charge in [0.25, 0.3) is 5.91 Å². The molecule has 2 atom stereocenters. The van der Waals surface area contributed by atoms with Gasteiger partial charge in [-0.1, -0.05) is 42.5 Å². The van der Waals surface area contributed by atoms with Crippen molar-refractivity contribution in [1.29, 1.82) is 0 Å². The zero-order valence-corrected chi connectivity index (χ0v) is 15.3. The lowest BCUT2D eigenvalue weighted by Gasteiger charge is -2.28. The summed E-state index contributed by atoms with van der Waals surface area (Å²) in [4.78, 5) is 15.1. The van der Waals surface area contributed by atoms with Crippen LogP contribution in [0.3, 0.4) is 0 Å². The molecular weight excluding hydrogens is 354 g/mol. The summed E-state index contributed by atoms with van der Waals surface area (Å²) in [5.74, 6) is 0.0714. The average molecular weight is 375 g/mol. The largest absolute Gasteiger partial charge is 0.507 e. The second-order valence-corrected chi connectivity index (χ2v) is 7.28. The molecule has 2 aromatic carbocycles. The van der Waals surface area contributed by atoms with Gasteiger partial charge in [0.1, 0.15) is 17.1 Å². The summed E-state index contributed by atoms with van der Waals surface area (Å²) in [6.07, 6.45) is 2.04. The van der Waals surface area contributed by atoms with E-state index in [4.69, 9.17) is 4.74 Å². The topological polar surface area (TPSA) is 78.5 Å². The number of H-pyrrole nitrogens is 1. The monoisotopic (exact) mass is 375 g/mol. The molecule has 5 rings (SSSR count). The smallest absolute Gasteiger partial charge is 0.273 e. The third-order valence-electron chi connectivity index (χ3n) is 5.56. The number of carbonyl (C=O) groups is 1. The van der Waals surface area contributed by atoms with Gasteiger partial charge in [0, 0.05) is 24.3 Å². The highest BCUT2D eigenvalue weighted by molar-refractivity contribution is 6.00. The van der Waals surface area contributed by atoms with Crippen LogP contribution < -0.4 is 0 Å². The van der Waals surface area contributed by atoms with Crippen LogP contribution in [0.4, 0.5) is 0 Å². The van der Waals surface area contributed by atoms with Gasteiger partial charge >= 0.3 is 0 Å². The van der Waals surface area contributed by atoms with Crippen LogP contribution in [0.5, 0.6) is 5.75 Å². The fourth-order valence-electron chi connectivity index (χ4n) is 4.25. The minimum absolute atomic E-state index is 0.0562. The minimum atomic E-state index is -0.263. The summed E-state index contributed by atoms with van der Waals surface area (Å²) in [6, 6.07) is 16.8. The predicted molar refractivity (Wildman–Crippen MR) is 104 cm³/mol. The number of rotatable bonds is 4. The molecule has 2 aliphatic rings. The molecule has 0 spiro atoms. The van der Waals surface area contributed by atoms with Crippen molar-refractivity contribution in [3.8, 4) is 17.0 Å². The SMILES string of the molecule is O=C1c2[nH]nc(-c3ccccc3O)c2[C@@H](c2ccccc2)N1C[C@@H]1CCCO1. The van der Waals surface area contributed by atoms with E-state index in [1.165, 1.54) is 0 Å². The van der Waals surface area contributed by atoms with E-state index in [-0.39, 0.29) is 23.8 Å². The van der Waals surface area contributed by atoms with Crippen LogP contribution in [0.15, 0.2) is 54.6 Å². The van der Waals surface area contributed by atoms with Crippen molar-refractivity contribution in [2.24, 2.45) is 0 Å². The number of nitrogens with one attached hydrogen (secondary N) is 1. The van der Waals surface area contributed by atoms with Gasteiger partial charge in [-0.3, -0.25) is 9.89 Å². The molecule has 3 aromatic rings. The molecule has 0 aliphatic carbocycles. The maximum absolute atomic E-state index is 13.2. The second-order valence-electron chi connectivity index (χ2n) is 7.28. The van der Waals surface area contributed by atoms with Gasteiger partial charge in [0.15, 0.2) is 0 Å². The van der Waals surface area contributed by atoms with Crippen molar-refractivity contribution >= 4 is 5.91 Å². The van der Waals surface area contributed by atoms with Gasteiger partial charge in [-0.15, -0.1) is 0 Å². The molecule has 1 amide bonds. The first-order valence-electron chi connectivity index (χ1n) is 9.58. The average Bonchev–Trinajstić information content (AvgIpc) is 3.43. The van der Waals surface area contributed by atoms with Gasteiger partial charge in [-0.05, 0) is 30.5 Å². The Kier molecular flexibility index (Phi) is 4.13. The van der Waals surface area contributed by atoms with E-state index in [1.807, 2.05) is 47.4 Å². The zero-order valence-electron chi connectivity index (χ0n) is 15.3. The standard InChI is InChI=1S/C22H21N3O3/c26-17-11-5-4-10-16(17)19-18-20(24-23-19)22(27)25(13-15-9-6-12-28-15)21(18)14-7-2-1-3-8-14/h1-5,7-8,10-11,15,21,26H,6,9,12-13H2,(H,23,24)/t15-,21+/m0/s1. The van der Waals surface area contributed by atoms with Crippen LogP contribution in [0, 0.1) is 0 Å². The first-order valence-corrected chi connectivity index (χ1v) is 9.58. The van der Waals surface area contributed by atoms with Crippen molar-refractivity contribution in [2.45, 2.75) is 25.0 Å². The van der Waals surface area contributed by atoms with Crippen molar-refractivity contribution < 1.29 is 14.6 Å². The van der Waals surface area contributed by atoms with E-state index in [0.29, 0.717) is 23.5 Å². The lowest BCUT2D eigenvalue weighted by molar-refractivity contribution is 0.0495. The van der Waals surface area contributed by atoms with Crippen molar-refractivity contribution in [1.82, 2.24) is 15.1 Å². The molecule has 1 saturated heterocycles. The molecule has 0 saturated carbocycles. The fourth-order valence-corrected chi connectivity index (χ4v) is 4.25. The Labute approximate surface area is 162 Å². The molecule has 1 aromatic heterocycles. The minimum Gasteiger partial charge on any atom is -0.507 e. The van der Waals surface area contributed by atoms with Crippen LogP contribution >= 0.6 is 0 Å². The Bertz CT molecular complexity index is 1010. The van der Waals surface area contributed by atoms with Crippen LogP contribution in [-0.2, 0) is 4.74 Å². The number of amides is 1. The van der Waals surface area contributed by atoms with Crippen LogP contribution in [0.25, 0.3) is 11.3 Å². The van der Waals surface area contributed by atoms with Gasteiger partial charge < -0.3 is 14.7 Å². The Morgan fingerprint density at radius 2 is 1.93 bits per heavy atom. The number of fused-ring (bicyclic) bond motifs is 1. The molecule has 6 nitrogen and oxygen atoms in total. The predicted octanol–water partition coefficient (Wildman–Crippen LogP) is 3.51. The molecule has 1 fully saturated rings. The molecule has 6 heteroatoms. The quantitative estimate of drug-likeness (QED) is 0.731. The van der Waals surface area contributed by atoms with Crippen LogP contribution in [0.2, 0.25) is 0 Å².